The number of aryl methyl sites for hydroxylation is 1. The van der Waals surface area contributed by atoms with Gasteiger partial charge in [0.15, 0.2) is 6.29 Å². The molecule has 0 bridgehead atoms. The number of rotatable bonds is 2. The Labute approximate surface area is 63.6 Å². The quantitative estimate of drug-likeness (QED) is 0.475. The maximum Gasteiger partial charge on any atom is 0.153 e. The van der Waals surface area contributed by atoms with E-state index in [4.69, 9.17) is 11.6 Å². The zero-order valence-electron chi connectivity index (χ0n) is 5.54. The van der Waals surface area contributed by atoms with Crippen LogP contribution in [0.1, 0.15) is 16.1 Å². The Kier molecular flexibility index (Phi) is 2.06. The molecule has 0 amide bonds. The smallest absolute Gasteiger partial charge is 0.153 e. The molecule has 0 spiro atoms. The monoisotopic (exact) mass is 158 g/mol. The molecule has 0 N–H and O–H groups in total. The van der Waals surface area contributed by atoms with E-state index in [-0.39, 0.29) is 0 Å². The predicted octanol–water partition coefficient (Wildman–Crippen LogP) is 0.971. The van der Waals surface area contributed by atoms with E-state index in [9.17, 15) is 4.79 Å². The van der Waals surface area contributed by atoms with Gasteiger partial charge in [-0.1, -0.05) is 0 Å². The Bertz CT molecular complexity index is 244. The minimum atomic E-state index is 0.324. The van der Waals surface area contributed by atoms with E-state index >= 15 is 0 Å². The summed E-state index contributed by atoms with van der Waals surface area (Å²) in [7, 11) is 1.75. The highest BCUT2D eigenvalue weighted by atomic mass is 35.5. The molecule has 0 saturated heterocycles. The van der Waals surface area contributed by atoms with Gasteiger partial charge in [0.2, 0.25) is 0 Å². The Hall–Kier alpha value is -0.830. The molecule has 4 heteroatoms. The second kappa shape index (κ2) is 2.84. The fourth-order valence-corrected chi connectivity index (χ4v) is 1.07. The average molecular weight is 159 g/mol. The summed E-state index contributed by atoms with van der Waals surface area (Å²) >= 11 is 5.54. The summed E-state index contributed by atoms with van der Waals surface area (Å²) in [6.45, 7) is 0. The summed E-state index contributed by atoms with van der Waals surface area (Å²) in [5, 5.41) is 3.86. The van der Waals surface area contributed by atoms with Crippen LogP contribution in [-0.4, -0.2) is 16.1 Å². The lowest BCUT2D eigenvalue weighted by atomic mass is 10.3. The van der Waals surface area contributed by atoms with Crippen LogP contribution in [0, 0.1) is 0 Å². The number of aldehydes is 1. The Balaban J connectivity index is 3.12. The molecule has 0 fully saturated rings. The third-order valence-electron chi connectivity index (χ3n) is 1.35. The molecule has 0 radical (unpaired) electrons. The van der Waals surface area contributed by atoms with Crippen molar-refractivity contribution in [3.63, 3.8) is 0 Å². The van der Waals surface area contributed by atoms with Crippen LogP contribution in [0.4, 0.5) is 0 Å². The molecule has 0 aliphatic rings. The third kappa shape index (κ3) is 1.04. The van der Waals surface area contributed by atoms with E-state index in [2.05, 4.69) is 5.10 Å². The van der Waals surface area contributed by atoms with Crippen molar-refractivity contribution in [1.29, 1.82) is 0 Å². The van der Waals surface area contributed by atoms with Crippen molar-refractivity contribution in [2.24, 2.45) is 7.05 Å². The van der Waals surface area contributed by atoms with Crippen LogP contribution >= 0.6 is 11.6 Å². The molecule has 1 aromatic rings. The molecule has 1 aromatic heterocycles. The van der Waals surface area contributed by atoms with Gasteiger partial charge in [0, 0.05) is 7.05 Å². The molecule has 3 nitrogen and oxygen atoms in total. The third-order valence-corrected chi connectivity index (χ3v) is 1.60. The molecule has 0 saturated carbocycles. The van der Waals surface area contributed by atoms with Crippen LogP contribution < -0.4 is 0 Å². The van der Waals surface area contributed by atoms with E-state index in [1.807, 2.05) is 0 Å². The van der Waals surface area contributed by atoms with Crippen LogP contribution in [0.25, 0.3) is 0 Å². The number of hydrogen-bond acceptors (Lipinski definition) is 2. The Morgan fingerprint density at radius 1 is 1.90 bits per heavy atom. The second-order valence-corrected chi connectivity index (χ2v) is 2.19. The maximum atomic E-state index is 10.3. The molecular formula is C6H7ClN2O. The van der Waals surface area contributed by atoms with E-state index in [1.165, 1.54) is 6.20 Å². The highest BCUT2D eigenvalue weighted by Crippen LogP contribution is 2.06. The number of alkyl halides is 1. The predicted molar refractivity (Wildman–Crippen MR) is 38.2 cm³/mol. The number of hydrogen-bond donors (Lipinski definition) is 0. The first-order chi connectivity index (χ1) is 4.79. The van der Waals surface area contributed by atoms with Gasteiger partial charge in [-0.05, 0) is 0 Å². The highest BCUT2D eigenvalue weighted by Gasteiger charge is 2.04. The first-order valence-corrected chi connectivity index (χ1v) is 3.35. The van der Waals surface area contributed by atoms with Crippen molar-refractivity contribution in [3.05, 3.63) is 17.5 Å². The number of nitrogens with zero attached hydrogens (tertiary/aromatic N) is 2. The Morgan fingerprint density at radius 3 is 3.00 bits per heavy atom. The minimum Gasteiger partial charge on any atom is -0.298 e. The molecule has 10 heavy (non-hydrogen) atoms. The fourth-order valence-electron chi connectivity index (χ4n) is 0.742. The molecule has 1 rings (SSSR count). The zero-order valence-corrected chi connectivity index (χ0v) is 6.30. The van der Waals surface area contributed by atoms with Gasteiger partial charge >= 0.3 is 0 Å². The van der Waals surface area contributed by atoms with Gasteiger partial charge in [-0.3, -0.25) is 9.48 Å². The highest BCUT2D eigenvalue weighted by molar-refractivity contribution is 6.17. The van der Waals surface area contributed by atoms with Crippen molar-refractivity contribution in [3.8, 4) is 0 Å². The van der Waals surface area contributed by atoms with E-state index in [1.54, 1.807) is 11.7 Å². The second-order valence-electron chi connectivity index (χ2n) is 1.92. The van der Waals surface area contributed by atoms with E-state index < -0.39 is 0 Å². The molecule has 54 valence electrons. The molecule has 0 unspecified atom stereocenters. The van der Waals surface area contributed by atoms with Crippen LogP contribution in [0.3, 0.4) is 0 Å². The molecule has 1 heterocycles. The summed E-state index contributed by atoms with van der Waals surface area (Å²) in [5.74, 6) is 0.324. The minimum absolute atomic E-state index is 0.324. The van der Waals surface area contributed by atoms with Crippen molar-refractivity contribution < 1.29 is 4.79 Å². The fraction of sp³-hybridized carbons (Fsp3) is 0.333. The van der Waals surface area contributed by atoms with E-state index in [0.717, 1.165) is 12.0 Å². The van der Waals surface area contributed by atoms with Crippen molar-refractivity contribution >= 4 is 17.9 Å². The largest absolute Gasteiger partial charge is 0.298 e. The SMILES string of the molecule is Cn1ncc(C=O)c1CCl. The van der Waals surface area contributed by atoms with Gasteiger partial charge in [-0.2, -0.15) is 5.10 Å². The standard InChI is InChI=1S/C6H7ClN2O/c1-9-6(2-7)5(4-10)3-8-9/h3-4H,2H2,1H3. The lowest BCUT2D eigenvalue weighted by Gasteiger charge is -1.94. The zero-order chi connectivity index (χ0) is 7.56. The van der Waals surface area contributed by atoms with Crippen molar-refractivity contribution in [2.75, 3.05) is 0 Å². The maximum absolute atomic E-state index is 10.3. The molecular weight excluding hydrogens is 152 g/mol. The van der Waals surface area contributed by atoms with Gasteiger partial charge in [-0.15, -0.1) is 11.6 Å². The summed E-state index contributed by atoms with van der Waals surface area (Å²) in [6, 6.07) is 0. The number of halogens is 1. The number of carbonyl (C=O) groups is 1. The summed E-state index contributed by atoms with van der Waals surface area (Å²) < 4.78 is 1.59. The normalized spacial score (nSPS) is 9.80. The van der Waals surface area contributed by atoms with Gasteiger partial charge in [0.25, 0.3) is 0 Å². The Morgan fingerprint density at radius 2 is 2.60 bits per heavy atom. The van der Waals surface area contributed by atoms with Gasteiger partial charge in [-0.25, -0.2) is 0 Å². The molecule has 0 aliphatic heterocycles. The molecule has 0 atom stereocenters. The molecule has 0 aromatic carbocycles. The number of carbonyl (C=O) groups excluding carboxylic acids is 1. The average Bonchev–Trinajstić information content (AvgIpc) is 2.30. The summed E-state index contributed by atoms with van der Waals surface area (Å²) in [6.07, 6.45) is 2.26. The first-order valence-electron chi connectivity index (χ1n) is 2.81. The lowest BCUT2D eigenvalue weighted by molar-refractivity contribution is 0.112. The van der Waals surface area contributed by atoms with Gasteiger partial charge < -0.3 is 0 Å². The van der Waals surface area contributed by atoms with Crippen molar-refractivity contribution in [1.82, 2.24) is 9.78 Å². The van der Waals surface area contributed by atoms with Gasteiger partial charge in [0.1, 0.15) is 0 Å². The molecule has 0 aliphatic carbocycles. The van der Waals surface area contributed by atoms with Gasteiger partial charge in [0.05, 0.1) is 23.3 Å². The number of aromatic nitrogens is 2. The van der Waals surface area contributed by atoms with Crippen LogP contribution in [0.5, 0.6) is 0 Å². The van der Waals surface area contributed by atoms with Crippen LogP contribution in [0.15, 0.2) is 6.20 Å². The topological polar surface area (TPSA) is 34.9 Å². The summed E-state index contributed by atoms with van der Waals surface area (Å²) in [5.41, 5.74) is 1.33. The first kappa shape index (κ1) is 7.28. The van der Waals surface area contributed by atoms with Crippen LogP contribution in [0.2, 0.25) is 0 Å². The van der Waals surface area contributed by atoms with Crippen molar-refractivity contribution in [2.45, 2.75) is 5.88 Å². The lowest BCUT2D eigenvalue weighted by Crippen LogP contribution is -1.96. The van der Waals surface area contributed by atoms with E-state index in [0.29, 0.717) is 11.4 Å². The summed E-state index contributed by atoms with van der Waals surface area (Å²) in [4.78, 5) is 10.3. The van der Waals surface area contributed by atoms with Crippen LogP contribution in [-0.2, 0) is 12.9 Å².